The van der Waals surface area contributed by atoms with Crippen LogP contribution in [-0.2, 0) is 16.4 Å². The second-order valence-electron chi connectivity index (χ2n) is 3.67. The lowest BCUT2D eigenvalue weighted by molar-refractivity contribution is 0.258. The van der Waals surface area contributed by atoms with E-state index in [9.17, 15) is 8.42 Å². The zero-order chi connectivity index (χ0) is 12.2. The molecule has 0 bridgehead atoms. The van der Waals surface area contributed by atoms with Gasteiger partial charge in [0.2, 0.25) is 0 Å². The summed E-state index contributed by atoms with van der Waals surface area (Å²) in [5.41, 5.74) is 0. The second-order valence-corrected chi connectivity index (χ2v) is 5.68. The minimum absolute atomic E-state index is 0.0808. The van der Waals surface area contributed by atoms with E-state index in [1.165, 1.54) is 12.4 Å². The van der Waals surface area contributed by atoms with Crippen molar-refractivity contribution in [3.05, 3.63) is 12.4 Å². The van der Waals surface area contributed by atoms with Gasteiger partial charge in [-0.3, -0.25) is 4.68 Å². The van der Waals surface area contributed by atoms with Crippen molar-refractivity contribution in [2.45, 2.75) is 23.9 Å². The highest BCUT2D eigenvalue weighted by Gasteiger charge is 2.12. The summed E-state index contributed by atoms with van der Waals surface area (Å²) in [6, 6.07) is 0.0808. The van der Waals surface area contributed by atoms with Gasteiger partial charge in [-0.25, -0.2) is 8.42 Å². The lowest BCUT2D eigenvalue weighted by Crippen LogP contribution is -2.31. The minimum Gasteiger partial charge on any atom is -0.396 e. The first-order valence-electron chi connectivity index (χ1n) is 4.98. The molecule has 1 rings (SSSR count). The lowest BCUT2D eigenvalue weighted by atomic mass is 10.2. The Bertz CT molecular complexity index is 427. The second kappa shape index (κ2) is 5.42. The standard InChI is InChI=1S/C9H17N3O3S/c1-10-8(3-4-13)6-12-7-9(5-11-12)16(2,14)15/h5,7-8,10,13H,3-4,6H2,1-2H3. The molecule has 0 amide bonds. The van der Waals surface area contributed by atoms with Crippen LogP contribution in [0, 0.1) is 0 Å². The molecular weight excluding hydrogens is 230 g/mol. The molecule has 0 radical (unpaired) electrons. The van der Waals surface area contributed by atoms with E-state index >= 15 is 0 Å². The number of nitrogens with one attached hydrogen (secondary N) is 1. The molecular formula is C9H17N3O3S. The Morgan fingerprint density at radius 2 is 2.31 bits per heavy atom. The van der Waals surface area contributed by atoms with Crippen molar-refractivity contribution in [1.82, 2.24) is 15.1 Å². The molecule has 0 fully saturated rings. The van der Waals surface area contributed by atoms with Crippen LogP contribution in [-0.4, -0.2) is 49.3 Å². The van der Waals surface area contributed by atoms with E-state index in [1.54, 1.807) is 11.7 Å². The molecule has 0 saturated carbocycles. The molecule has 2 N–H and O–H groups in total. The van der Waals surface area contributed by atoms with E-state index < -0.39 is 9.84 Å². The van der Waals surface area contributed by atoms with Gasteiger partial charge >= 0.3 is 0 Å². The fraction of sp³-hybridized carbons (Fsp3) is 0.667. The highest BCUT2D eigenvalue weighted by Crippen LogP contribution is 2.07. The molecule has 6 nitrogen and oxygen atoms in total. The zero-order valence-electron chi connectivity index (χ0n) is 9.42. The van der Waals surface area contributed by atoms with Gasteiger partial charge in [0.05, 0.1) is 12.7 Å². The molecule has 0 spiro atoms. The van der Waals surface area contributed by atoms with Gasteiger partial charge in [0.15, 0.2) is 9.84 Å². The monoisotopic (exact) mass is 247 g/mol. The maximum atomic E-state index is 11.2. The Morgan fingerprint density at radius 1 is 1.62 bits per heavy atom. The van der Waals surface area contributed by atoms with Crippen molar-refractivity contribution in [3.63, 3.8) is 0 Å². The number of likely N-dealkylation sites (N-methyl/N-ethyl adjacent to an activating group) is 1. The van der Waals surface area contributed by atoms with Crippen LogP contribution >= 0.6 is 0 Å². The molecule has 1 atom stereocenters. The number of nitrogens with zero attached hydrogens (tertiary/aromatic N) is 2. The van der Waals surface area contributed by atoms with Crippen LogP contribution in [0.5, 0.6) is 0 Å². The Hall–Kier alpha value is -0.920. The van der Waals surface area contributed by atoms with Crippen LogP contribution in [0.25, 0.3) is 0 Å². The molecule has 1 unspecified atom stereocenters. The van der Waals surface area contributed by atoms with E-state index in [4.69, 9.17) is 5.11 Å². The molecule has 0 aliphatic carbocycles. The highest BCUT2D eigenvalue weighted by atomic mass is 32.2. The summed E-state index contributed by atoms with van der Waals surface area (Å²) >= 11 is 0. The molecule has 92 valence electrons. The molecule has 0 aliphatic rings. The molecule has 1 aromatic rings. The van der Waals surface area contributed by atoms with Gasteiger partial charge in [-0.05, 0) is 13.5 Å². The van der Waals surface area contributed by atoms with Crippen LogP contribution in [0.3, 0.4) is 0 Å². The van der Waals surface area contributed by atoms with Crippen molar-refractivity contribution >= 4 is 9.84 Å². The normalized spacial score (nSPS) is 13.9. The quantitative estimate of drug-likeness (QED) is 0.691. The molecule has 0 aliphatic heterocycles. The number of rotatable bonds is 6. The molecule has 1 heterocycles. The Kier molecular flexibility index (Phi) is 4.45. The topological polar surface area (TPSA) is 84.2 Å². The van der Waals surface area contributed by atoms with Crippen molar-refractivity contribution in [3.8, 4) is 0 Å². The third-order valence-corrected chi connectivity index (χ3v) is 3.40. The van der Waals surface area contributed by atoms with Crippen LogP contribution in [0.15, 0.2) is 17.3 Å². The van der Waals surface area contributed by atoms with Gasteiger partial charge < -0.3 is 10.4 Å². The first-order chi connectivity index (χ1) is 7.47. The minimum atomic E-state index is -3.19. The molecule has 16 heavy (non-hydrogen) atoms. The predicted molar refractivity (Wildman–Crippen MR) is 59.9 cm³/mol. The largest absolute Gasteiger partial charge is 0.396 e. The zero-order valence-corrected chi connectivity index (χ0v) is 10.2. The lowest BCUT2D eigenvalue weighted by Gasteiger charge is -2.14. The maximum Gasteiger partial charge on any atom is 0.178 e. The van der Waals surface area contributed by atoms with Crippen molar-refractivity contribution < 1.29 is 13.5 Å². The third-order valence-electron chi connectivity index (χ3n) is 2.33. The summed E-state index contributed by atoms with van der Waals surface area (Å²) in [7, 11) is -1.40. The van der Waals surface area contributed by atoms with Gasteiger partial charge in [-0.15, -0.1) is 0 Å². The maximum absolute atomic E-state index is 11.2. The number of aliphatic hydroxyl groups is 1. The summed E-state index contributed by atoms with van der Waals surface area (Å²) in [4.78, 5) is 0.214. The fourth-order valence-corrected chi connectivity index (χ4v) is 1.90. The van der Waals surface area contributed by atoms with E-state index in [0.29, 0.717) is 13.0 Å². The first kappa shape index (κ1) is 13.1. The molecule has 1 aromatic heterocycles. The smallest absolute Gasteiger partial charge is 0.178 e. The molecule has 0 saturated heterocycles. The number of hydrogen-bond acceptors (Lipinski definition) is 5. The van der Waals surface area contributed by atoms with Crippen LogP contribution < -0.4 is 5.32 Å². The SMILES string of the molecule is CNC(CCO)Cn1cc(S(C)(=O)=O)cn1. The first-order valence-corrected chi connectivity index (χ1v) is 6.87. The predicted octanol–water partition coefficient (Wildman–Crippen LogP) is -0.743. The van der Waals surface area contributed by atoms with Crippen molar-refractivity contribution in [2.75, 3.05) is 19.9 Å². The highest BCUT2D eigenvalue weighted by molar-refractivity contribution is 7.90. The average Bonchev–Trinajstić information content (AvgIpc) is 2.65. The number of sulfone groups is 1. The molecule has 7 heteroatoms. The van der Waals surface area contributed by atoms with Gasteiger partial charge in [0.1, 0.15) is 4.90 Å². The summed E-state index contributed by atoms with van der Waals surface area (Å²) < 4.78 is 24.0. The van der Waals surface area contributed by atoms with Crippen LogP contribution in [0.1, 0.15) is 6.42 Å². The fourth-order valence-electron chi connectivity index (χ4n) is 1.34. The van der Waals surface area contributed by atoms with E-state index in [2.05, 4.69) is 10.4 Å². The van der Waals surface area contributed by atoms with Gasteiger partial charge in [-0.2, -0.15) is 5.10 Å². The van der Waals surface area contributed by atoms with Crippen molar-refractivity contribution in [2.24, 2.45) is 0 Å². The summed E-state index contributed by atoms with van der Waals surface area (Å²) in [5, 5.41) is 15.8. The van der Waals surface area contributed by atoms with Gasteiger partial charge in [0.25, 0.3) is 0 Å². The summed E-state index contributed by atoms with van der Waals surface area (Å²) in [5.74, 6) is 0. The molecule has 0 aromatic carbocycles. The van der Waals surface area contributed by atoms with Crippen LogP contribution in [0.2, 0.25) is 0 Å². The third kappa shape index (κ3) is 3.58. The van der Waals surface area contributed by atoms with Gasteiger partial charge in [0, 0.05) is 25.1 Å². The summed E-state index contributed by atoms with van der Waals surface area (Å²) in [6.45, 7) is 0.623. The van der Waals surface area contributed by atoms with E-state index in [1.807, 2.05) is 0 Å². The average molecular weight is 247 g/mol. The summed E-state index contributed by atoms with van der Waals surface area (Å²) in [6.07, 6.45) is 4.58. The number of aromatic nitrogens is 2. The van der Waals surface area contributed by atoms with E-state index in [-0.39, 0.29) is 17.5 Å². The van der Waals surface area contributed by atoms with E-state index in [0.717, 1.165) is 6.26 Å². The Morgan fingerprint density at radius 3 is 2.75 bits per heavy atom. The Balaban J connectivity index is 2.71. The van der Waals surface area contributed by atoms with Crippen molar-refractivity contribution in [1.29, 1.82) is 0 Å². The number of hydrogen-bond donors (Lipinski definition) is 2. The van der Waals surface area contributed by atoms with Crippen LogP contribution in [0.4, 0.5) is 0 Å². The Labute approximate surface area is 95.2 Å². The van der Waals surface area contributed by atoms with Gasteiger partial charge in [-0.1, -0.05) is 0 Å². The number of aliphatic hydroxyl groups excluding tert-OH is 1.